The number of guanidine groups is 1. The van der Waals surface area contributed by atoms with Gasteiger partial charge in [0.2, 0.25) is 0 Å². The van der Waals surface area contributed by atoms with E-state index in [0.717, 1.165) is 5.56 Å². The lowest BCUT2D eigenvalue weighted by molar-refractivity contribution is 0.0437. The molecule has 2 unspecified atom stereocenters. The highest BCUT2D eigenvalue weighted by Gasteiger charge is 2.26. The van der Waals surface area contributed by atoms with Crippen molar-refractivity contribution in [2.75, 3.05) is 33.7 Å². The molecule has 8 heteroatoms. The number of hydrogen-bond donors (Lipinski definition) is 3. The predicted octanol–water partition coefficient (Wildman–Crippen LogP) is 3.10. The number of benzene rings is 1. The van der Waals surface area contributed by atoms with Crippen molar-refractivity contribution in [3.05, 3.63) is 59.8 Å². The van der Waals surface area contributed by atoms with Crippen LogP contribution in [0.1, 0.15) is 31.2 Å². The molecule has 156 valence electrons. The standard InChI is InChI=1S/C20H29FN4O2.HI/c1-5-22-19(24-14-20(2,26)18-7-6-12-27-18)23-13-17(25(3)4)15-8-10-16(21)11-9-15;/h6-12,17,26H,5,13-14H2,1-4H3,(H2,22,23,24);1H. The first kappa shape index (κ1) is 24.4. The second-order valence-electron chi connectivity index (χ2n) is 6.86. The number of halogens is 2. The monoisotopic (exact) mass is 504 g/mol. The molecule has 1 heterocycles. The number of hydrogen-bond acceptors (Lipinski definition) is 4. The van der Waals surface area contributed by atoms with E-state index < -0.39 is 5.60 Å². The normalized spacial score (nSPS) is 14.9. The summed E-state index contributed by atoms with van der Waals surface area (Å²) in [5.41, 5.74) is -0.184. The summed E-state index contributed by atoms with van der Waals surface area (Å²) in [6.45, 7) is 5.07. The Morgan fingerprint density at radius 2 is 1.93 bits per heavy atom. The molecule has 3 N–H and O–H groups in total. The van der Waals surface area contributed by atoms with Crippen LogP contribution in [0.5, 0.6) is 0 Å². The number of rotatable bonds is 8. The molecule has 28 heavy (non-hydrogen) atoms. The minimum atomic E-state index is -1.19. The molecule has 2 aromatic rings. The van der Waals surface area contributed by atoms with Crippen LogP contribution < -0.4 is 10.6 Å². The number of furan rings is 1. The highest BCUT2D eigenvalue weighted by molar-refractivity contribution is 14.0. The second-order valence-corrected chi connectivity index (χ2v) is 6.86. The molecule has 2 rings (SSSR count). The van der Waals surface area contributed by atoms with Crippen LogP contribution >= 0.6 is 24.0 Å². The SMILES string of the molecule is CCNC(=NCC(C)(O)c1ccco1)NCC(c1ccc(F)cc1)N(C)C.I. The zero-order valence-corrected chi connectivity index (χ0v) is 19.1. The largest absolute Gasteiger partial charge is 0.466 e. The molecule has 1 aromatic heterocycles. The van der Waals surface area contributed by atoms with E-state index in [9.17, 15) is 9.50 Å². The summed E-state index contributed by atoms with van der Waals surface area (Å²) in [6.07, 6.45) is 1.53. The van der Waals surface area contributed by atoms with E-state index in [1.54, 1.807) is 31.2 Å². The fraction of sp³-hybridized carbons (Fsp3) is 0.450. The molecule has 0 aliphatic carbocycles. The van der Waals surface area contributed by atoms with Gasteiger partial charge in [-0.3, -0.25) is 0 Å². The van der Waals surface area contributed by atoms with Gasteiger partial charge in [0.15, 0.2) is 5.96 Å². The van der Waals surface area contributed by atoms with Crippen LogP contribution in [-0.2, 0) is 5.60 Å². The maximum absolute atomic E-state index is 13.2. The molecule has 0 aliphatic rings. The highest BCUT2D eigenvalue weighted by atomic mass is 127. The summed E-state index contributed by atoms with van der Waals surface area (Å²) in [7, 11) is 3.95. The average molecular weight is 504 g/mol. The number of nitrogens with one attached hydrogen (secondary N) is 2. The number of aliphatic hydroxyl groups is 1. The molecule has 0 bridgehead atoms. The molecule has 0 saturated carbocycles. The second kappa shape index (κ2) is 11.4. The fourth-order valence-corrected chi connectivity index (χ4v) is 2.71. The van der Waals surface area contributed by atoms with Crippen molar-refractivity contribution in [3.8, 4) is 0 Å². The molecule has 2 atom stereocenters. The summed E-state index contributed by atoms with van der Waals surface area (Å²) in [5, 5.41) is 17.0. The smallest absolute Gasteiger partial charge is 0.191 e. The lowest BCUT2D eigenvalue weighted by Gasteiger charge is -2.26. The minimum absolute atomic E-state index is 0. The summed E-state index contributed by atoms with van der Waals surface area (Å²) in [6, 6.07) is 10.0. The molecule has 0 radical (unpaired) electrons. The molecular formula is C20H30FIN4O2. The van der Waals surface area contributed by atoms with Crippen molar-refractivity contribution in [1.82, 2.24) is 15.5 Å². The van der Waals surface area contributed by atoms with Crippen molar-refractivity contribution < 1.29 is 13.9 Å². The molecule has 0 saturated heterocycles. The Bertz CT molecular complexity index is 718. The van der Waals surface area contributed by atoms with Crippen molar-refractivity contribution in [2.45, 2.75) is 25.5 Å². The first-order valence-corrected chi connectivity index (χ1v) is 9.04. The van der Waals surface area contributed by atoms with Crippen molar-refractivity contribution in [2.24, 2.45) is 4.99 Å². The van der Waals surface area contributed by atoms with Gasteiger partial charge in [0.1, 0.15) is 17.2 Å². The molecule has 0 fully saturated rings. The van der Waals surface area contributed by atoms with E-state index >= 15 is 0 Å². The fourth-order valence-electron chi connectivity index (χ4n) is 2.71. The van der Waals surface area contributed by atoms with E-state index in [2.05, 4.69) is 20.5 Å². The zero-order valence-electron chi connectivity index (χ0n) is 16.8. The van der Waals surface area contributed by atoms with Gasteiger partial charge >= 0.3 is 0 Å². The van der Waals surface area contributed by atoms with Gasteiger partial charge in [-0.05, 0) is 57.8 Å². The van der Waals surface area contributed by atoms with Gasteiger partial charge < -0.3 is 25.1 Å². The van der Waals surface area contributed by atoms with Gasteiger partial charge in [0, 0.05) is 13.1 Å². The van der Waals surface area contributed by atoms with E-state index in [1.807, 2.05) is 21.0 Å². The maximum Gasteiger partial charge on any atom is 0.191 e. The van der Waals surface area contributed by atoms with E-state index in [4.69, 9.17) is 4.42 Å². The first-order valence-electron chi connectivity index (χ1n) is 9.04. The van der Waals surface area contributed by atoms with Crippen LogP contribution in [0.3, 0.4) is 0 Å². The first-order chi connectivity index (χ1) is 12.8. The van der Waals surface area contributed by atoms with Gasteiger partial charge in [0.05, 0.1) is 18.8 Å². The lowest BCUT2D eigenvalue weighted by atomic mass is 10.0. The van der Waals surface area contributed by atoms with Crippen molar-refractivity contribution >= 4 is 29.9 Å². The third kappa shape index (κ3) is 7.06. The molecule has 1 aromatic carbocycles. The summed E-state index contributed by atoms with van der Waals surface area (Å²) >= 11 is 0. The molecule has 6 nitrogen and oxygen atoms in total. The quantitative estimate of drug-likeness (QED) is 0.293. The van der Waals surface area contributed by atoms with Gasteiger partial charge in [-0.1, -0.05) is 12.1 Å². The van der Waals surface area contributed by atoms with Crippen LogP contribution in [0.2, 0.25) is 0 Å². The Labute approximate surface area is 183 Å². The van der Waals surface area contributed by atoms with Crippen LogP contribution in [0.4, 0.5) is 4.39 Å². The van der Waals surface area contributed by atoms with E-state index in [-0.39, 0.29) is 42.4 Å². The van der Waals surface area contributed by atoms with Crippen molar-refractivity contribution in [1.29, 1.82) is 0 Å². The average Bonchev–Trinajstić information content (AvgIpc) is 3.16. The predicted molar refractivity (Wildman–Crippen MR) is 121 cm³/mol. The third-order valence-corrected chi connectivity index (χ3v) is 4.28. The summed E-state index contributed by atoms with van der Waals surface area (Å²) in [5.74, 6) is 0.817. The topological polar surface area (TPSA) is 73.0 Å². The number of nitrogens with zero attached hydrogens (tertiary/aromatic N) is 2. The maximum atomic E-state index is 13.2. The Morgan fingerprint density at radius 1 is 1.25 bits per heavy atom. The van der Waals surface area contributed by atoms with Gasteiger partial charge in [-0.2, -0.15) is 0 Å². The van der Waals surface area contributed by atoms with Gasteiger partial charge in [-0.25, -0.2) is 9.38 Å². The Hall–Kier alpha value is -1.65. The minimum Gasteiger partial charge on any atom is -0.466 e. The lowest BCUT2D eigenvalue weighted by Crippen LogP contribution is -2.42. The zero-order chi connectivity index (χ0) is 19.9. The van der Waals surface area contributed by atoms with Crippen LogP contribution in [-0.4, -0.2) is 49.7 Å². The third-order valence-electron chi connectivity index (χ3n) is 4.28. The number of aliphatic imine (C=N–C) groups is 1. The van der Waals surface area contributed by atoms with Crippen LogP contribution in [0.15, 0.2) is 52.1 Å². The summed E-state index contributed by atoms with van der Waals surface area (Å²) < 4.78 is 18.5. The van der Waals surface area contributed by atoms with E-state index in [1.165, 1.54) is 18.4 Å². The van der Waals surface area contributed by atoms with Crippen LogP contribution in [0, 0.1) is 5.82 Å². The Balaban J connectivity index is 0.00000392. The van der Waals surface area contributed by atoms with Crippen molar-refractivity contribution in [3.63, 3.8) is 0 Å². The summed E-state index contributed by atoms with van der Waals surface area (Å²) in [4.78, 5) is 6.54. The molecule has 0 aliphatic heterocycles. The highest BCUT2D eigenvalue weighted by Crippen LogP contribution is 2.21. The van der Waals surface area contributed by atoms with Gasteiger partial charge in [0.25, 0.3) is 0 Å². The Kier molecular flexibility index (Phi) is 9.91. The molecule has 0 spiro atoms. The number of likely N-dealkylation sites (N-methyl/N-ethyl adjacent to an activating group) is 1. The van der Waals surface area contributed by atoms with E-state index in [0.29, 0.717) is 24.8 Å². The van der Waals surface area contributed by atoms with Crippen LogP contribution in [0.25, 0.3) is 0 Å². The molecular weight excluding hydrogens is 474 g/mol. The Morgan fingerprint density at radius 3 is 2.46 bits per heavy atom. The van der Waals surface area contributed by atoms with Gasteiger partial charge in [-0.15, -0.1) is 24.0 Å². The molecule has 0 amide bonds.